The summed E-state index contributed by atoms with van der Waals surface area (Å²) < 4.78 is 5.51. The number of carbonyl (C=O) groups is 1. The zero-order valence-corrected chi connectivity index (χ0v) is 12.9. The Bertz CT molecular complexity index is 475. The van der Waals surface area contributed by atoms with Gasteiger partial charge in [0.1, 0.15) is 5.75 Å². The molecule has 112 valence electrons. The lowest BCUT2D eigenvalue weighted by Crippen LogP contribution is -2.48. The lowest BCUT2D eigenvalue weighted by Gasteiger charge is -2.23. The first-order valence-electron chi connectivity index (χ1n) is 6.40. The van der Waals surface area contributed by atoms with E-state index in [1.54, 1.807) is 32.0 Å². The molecule has 20 heavy (non-hydrogen) atoms. The number of benzene rings is 1. The fourth-order valence-electron chi connectivity index (χ4n) is 1.44. The number of aliphatic hydroxyl groups is 1. The summed E-state index contributed by atoms with van der Waals surface area (Å²) in [5.74, 6) is 0.573. The smallest absolute Gasteiger partial charge is 0.319 e. The molecule has 6 heteroatoms. The normalized spacial score (nSPS) is 11.3. The van der Waals surface area contributed by atoms with E-state index < -0.39 is 11.6 Å². The van der Waals surface area contributed by atoms with E-state index in [0.717, 1.165) is 0 Å². The number of halogens is 1. The molecular formula is C14H21ClN2O3. The third kappa shape index (κ3) is 5.27. The number of amides is 2. The van der Waals surface area contributed by atoms with Crippen molar-refractivity contribution in [3.05, 3.63) is 23.2 Å². The summed E-state index contributed by atoms with van der Waals surface area (Å²) in [5, 5.41) is 14.8. The molecule has 0 aliphatic heterocycles. The highest BCUT2D eigenvalue weighted by molar-refractivity contribution is 6.32. The van der Waals surface area contributed by atoms with Gasteiger partial charge in [0, 0.05) is 5.69 Å². The topological polar surface area (TPSA) is 70.6 Å². The Morgan fingerprint density at radius 2 is 2.10 bits per heavy atom. The van der Waals surface area contributed by atoms with Gasteiger partial charge in [0.15, 0.2) is 0 Å². The van der Waals surface area contributed by atoms with Crippen LogP contribution in [0, 0.1) is 0 Å². The quantitative estimate of drug-likeness (QED) is 0.783. The number of hydrogen-bond acceptors (Lipinski definition) is 3. The molecule has 0 saturated carbocycles. The van der Waals surface area contributed by atoms with Gasteiger partial charge in [-0.3, -0.25) is 0 Å². The van der Waals surface area contributed by atoms with Crippen molar-refractivity contribution in [3.8, 4) is 5.75 Å². The van der Waals surface area contributed by atoms with Crippen LogP contribution < -0.4 is 15.4 Å². The Morgan fingerprint density at radius 3 is 2.60 bits per heavy atom. The highest BCUT2D eigenvalue weighted by Gasteiger charge is 2.19. The van der Waals surface area contributed by atoms with Crippen molar-refractivity contribution in [2.24, 2.45) is 0 Å². The SMILES string of the molecule is CC(C)Oc1ccc(NC(=O)NC(C)(C)CO)cc1Cl. The van der Waals surface area contributed by atoms with Gasteiger partial charge < -0.3 is 20.5 Å². The van der Waals surface area contributed by atoms with Gasteiger partial charge in [-0.15, -0.1) is 0 Å². The second-order valence-corrected chi connectivity index (χ2v) is 5.84. The molecule has 0 heterocycles. The molecule has 1 aromatic carbocycles. The maximum atomic E-state index is 11.8. The molecule has 2 amide bonds. The van der Waals surface area contributed by atoms with Crippen molar-refractivity contribution in [2.75, 3.05) is 11.9 Å². The van der Waals surface area contributed by atoms with E-state index in [9.17, 15) is 4.79 Å². The van der Waals surface area contributed by atoms with Crippen LogP contribution in [0.2, 0.25) is 5.02 Å². The van der Waals surface area contributed by atoms with E-state index in [4.69, 9.17) is 21.4 Å². The minimum Gasteiger partial charge on any atom is -0.489 e. The van der Waals surface area contributed by atoms with Gasteiger partial charge in [-0.05, 0) is 45.9 Å². The lowest BCUT2D eigenvalue weighted by atomic mass is 10.1. The molecule has 0 bridgehead atoms. The average molecular weight is 301 g/mol. The standard InChI is InChI=1S/C14H21ClN2O3/c1-9(2)20-12-6-5-10(7-11(12)15)16-13(19)17-14(3,4)8-18/h5-7,9,18H,8H2,1-4H3,(H2,16,17,19). The first-order chi connectivity index (χ1) is 9.23. The molecule has 0 atom stereocenters. The van der Waals surface area contributed by atoms with Gasteiger partial charge in [0.05, 0.1) is 23.3 Å². The van der Waals surface area contributed by atoms with Gasteiger partial charge in [-0.2, -0.15) is 0 Å². The highest BCUT2D eigenvalue weighted by Crippen LogP contribution is 2.28. The Hall–Kier alpha value is -1.46. The lowest BCUT2D eigenvalue weighted by molar-refractivity contribution is 0.187. The summed E-state index contributed by atoms with van der Waals surface area (Å²) in [6.45, 7) is 7.11. The molecule has 0 aromatic heterocycles. The van der Waals surface area contributed by atoms with Gasteiger partial charge >= 0.3 is 6.03 Å². The summed E-state index contributed by atoms with van der Waals surface area (Å²) in [5.41, 5.74) is -0.133. The van der Waals surface area contributed by atoms with E-state index in [2.05, 4.69) is 10.6 Å². The molecule has 1 rings (SSSR count). The van der Waals surface area contributed by atoms with Crippen LogP contribution in [0.5, 0.6) is 5.75 Å². The predicted molar refractivity (Wildman–Crippen MR) is 80.5 cm³/mol. The third-order valence-electron chi connectivity index (χ3n) is 2.40. The molecule has 0 fully saturated rings. The van der Waals surface area contributed by atoms with E-state index >= 15 is 0 Å². The Balaban J connectivity index is 2.70. The van der Waals surface area contributed by atoms with Crippen LogP contribution in [0.1, 0.15) is 27.7 Å². The molecule has 0 radical (unpaired) electrons. The Labute approximate surface area is 124 Å². The first kappa shape index (κ1) is 16.6. The van der Waals surface area contributed by atoms with Gasteiger partial charge in [-0.1, -0.05) is 11.6 Å². The second kappa shape index (κ2) is 6.81. The molecule has 0 saturated heterocycles. The van der Waals surface area contributed by atoms with Crippen molar-refractivity contribution < 1.29 is 14.6 Å². The number of carbonyl (C=O) groups excluding carboxylic acids is 1. The number of aliphatic hydroxyl groups excluding tert-OH is 1. The number of ether oxygens (including phenoxy) is 1. The van der Waals surface area contributed by atoms with Crippen molar-refractivity contribution in [1.29, 1.82) is 0 Å². The van der Waals surface area contributed by atoms with E-state index in [0.29, 0.717) is 16.5 Å². The molecular weight excluding hydrogens is 280 g/mol. The summed E-state index contributed by atoms with van der Waals surface area (Å²) in [6.07, 6.45) is 0.0277. The molecule has 0 spiro atoms. The average Bonchev–Trinajstić information content (AvgIpc) is 2.31. The van der Waals surface area contributed by atoms with Gasteiger partial charge in [0.2, 0.25) is 0 Å². The molecule has 0 unspecified atom stereocenters. The van der Waals surface area contributed by atoms with Crippen LogP contribution in [0.15, 0.2) is 18.2 Å². The van der Waals surface area contributed by atoms with E-state index in [1.165, 1.54) is 0 Å². The highest BCUT2D eigenvalue weighted by atomic mass is 35.5. The fraction of sp³-hybridized carbons (Fsp3) is 0.500. The summed E-state index contributed by atoms with van der Waals surface area (Å²) >= 11 is 6.08. The fourth-order valence-corrected chi connectivity index (χ4v) is 1.66. The number of anilines is 1. The van der Waals surface area contributed by atoms with Crippen molar-refractivity contribution in [1.82, 2.24) is 5.32 Å². The van der Waals surface area contributed by atoms with Crippen LogP contribution >= 0.6 is 11.6 Å². The van der Waals surface area contributed by atoms with Crippen LogP contribution in [0.25, 0.3) is 0 Å². The third-order valence-corrected chi connectivity index (χ3v) is 2.69. The van der Waals surface area contributed by atoms with Crippen LogP contribution in [-0.4, -0.2) is 29.4 Å². The van der Waals surface area contributed by atoms with Gasteiger partial charge in [-0.25, -0.2) is 4.79 Å². The van der Waals surface area contributed by atoms with Crippen LogP contribution in [-0.2, 0) is 0 Å². The molecule has 0 aliphatic rings. The maximum Gasteiger partial charge on any atom is 0.319 e. The van der Waals surface area contributed by atoms with E-state index in [-0.39, 0.29) is 12.7 Å². The van der Waals surface area contributed by atoms with Crippen LogP contribution in [0.3, 0.4) is 0 Å². The first-order valence-corrected chi connectivity index (χ1v) is 6.77. The van der Waals surface area contributed by atoms with Crippen molar-refractivity contribution >= 4 is 23.3 Å². The number of rotatable bonds is 5. The van der Waals surface area contributed by atoms with Crippen molar-refractivity contribution in [2.45, 2.75) is 39.3 Å². The monoisotopic (exact) mass is 300 g/mol. The minimum atomic E-state index is -0.686. The van der Waals surface area contributed by atoms with Crippen LogP contribution in [0.4, 0.5) is 10.5 Å². The largest absolute Gasteiger partial charge is 0.489 e. The zero-order valence-electron chi connectivity index (χ0n) is 12.2. The summed E-state index contributed by atoms with van der Waals surface area (Å²) in [7, 11) is 0. The molecule has 5 nitrogen and oxygen atoms in total. The van der Waals surface area contributed by atoms with Gasteiger partial charge in [0.25, 0.3) is 0 Å². The number of hydrogen-bond donors (Lipinski definition) is 3. The maximum absolute atomic E-state index is 11.8. The Kier molecular flexibility index (Phi) is 5.65. The minimum absolute atomic E-state index is 0.0277. The second-order valence-electron chi connectivity index (χ2n) is 5.43. The molecule has 0 aliphatic carbocycles. The van der Waals surface area contributed by atoms with E-state index in [1.807, 2.05) is 13.8 Å². The molecule has 3 N–H and O–H groups in total. The Morgan fingerprint density at radius 1 is 1.45 bits per heavy atom. The zero-order chi connectivity index (χ0) is 15.3. The van der Waals surface area contributed by atoms with Crippen molar-refractivity contribution in [3.63, 3.8) is 0 Å². The molecule has 1 aromatic rings. The summed E-state index contributed by atoms with van der Waals surface area (Å²) in [6, 6.07) is 4.62. The predicted octanol–water partition coefficient (Wildman–Crippen LogP) is 3.02. The summed E-state index contributed by atoms with van der Waals surface area (Å²) in [4.78, 5) is 11.8. The number of nitrogens with one attached hydrogen (secondary N) is 2. The number of urea groups is 1.